The zero-order chi connectivity index (χ0) is 12.4. The summed E-state index contributed by atoms with van der Waals surface area (Å²) < 4.78 is 16.0. The molecular formula is C12H16N2O3. The number of hydrogen-bond acceptors (Lipinski definition) is 4. The lowest BCUT2D eigenvalue weighted by atomic mass is 10.2. The third kappa shape index (κ3) is 1.78. The van der Waals surface area contributed by atoms with Crippen molar-refractivity contribution in [3.05, 3.63) is 17.8 Å². The largest absolute Gasteiger partial charge is 0.493 e. The molecule has 0 amide bonds. The predicted molar refractivity (Wildman–Crippen MR) is 65.8 cm³/mol. The normalized spacial score (nSPS) is 10.6. The van der Waals surface area contributed by atoms with E-state index in [1.165, 1.54) is 0 Å². The van der Waals surface area contributed by atoms with Crippen LogP contribution in [0.5, 0.6) is 17.2 Å². The molecule has 0 aliphatic carbocycles. The molecule has 0 aliphatic rings. The van der Waals surface area contributed by atoms with Gasteiger partial charge in [0, 0.05) is 17.6 Å². The van der Waals surface area contributed by atoms with Crippen LogP contribution >= 0.6 is 0 Å². The second-order valence-corrected chi connectivity index (χ2v) is 3.61. The van der Waals surface area contributed by atoms with Gasteiger partial charge in [0.05, 0.1) is 26.8 Å². The number of benzene rings is 1. The maximum absolute atomic E-state index is 5.61. The van der Waals surface area contributed by atoms with Crippen molar-refractivity contribution in [3.63, 3.8) is 0 Å². The van der Waals surface area contributed by atoms with Crippen LogP contribution in [0, 0.1) is 0 Å². The molecule has 5 nitrogen and oxygen atoms in total. The van der Waals surface area contributed by atoms with E-state index in [2.05, 4.69) is 4.98 Å². The highest BCUT2D eigenvalue weighted by Crippen LogP contribution is 2.43. The van der Waals surface area contributed by atoms with E-state index in [1.54, 1.807) is 21.3 Å². The molecule has 0 bridgehead atoms. The Morgan fingerprint density at radius 1 is 1.06 bits per heavy atom. The van der Waals surface area contributed by atoms with E-state index in [4.69, 9.17) is 19.9 Å². The summed E-state index contributed by atoms with van der Waals surface area (Å²) in [6.45, 7) is 0.447. The standard InChI is InChI=1S/C12H16N2O3/c1-15-9-5-7-4-8(6-13)14-10(7)12(17-3)11(9)16-2/h4-5,14H,6,13H2,1-3H3. The molecule has 0 unspecified atom stereocenters. The van der Waals surface area contributed by atoms with Gasteiger partial charge in [-0.25, -0.2) is 0 Å². The fraction of sp³-hybridized carbons (Fsp3) is 0.333. The Morgan fingerprint density at radius 2 is 1.76 bits per heavy atom. The van der Waals surface area contributed by atoms with Crippen LogP contribution in [0.1, 0.15) is 5.69 Å². The lowest BCUT2D eigenvalue weighted by molar-refractivity contribution is 0.327. The first-order chi connectivity index (χ1) is 8.24. The van der Waals surface area contributed by atoms with Crippen molar-refractivity contribution < 1.29 is 14.2 Å². The minimum Gasteiger partial charge on any atom is -0.493 e. The SMILES string of the molecule is COc1cc2cc(CN)[nH]c2c(OC)c1OC. The van der Waals surface area contributed by atoms with E-state index in [9.17, 15) is 0 Å². The zero-order valence-corrected chi connectivity index (χ0v) is 10.2. The number of aromatic nitrogens is 1. The van der Waals surface area contributed by atoms with Gasteiger partial charge in [-0.05, 0) is 12.1 Å². The Kier molecular flexibility index (Phi) is 3.10. The highest BCUT2D eigenvalue weighted by Gasteiger charge is 2.17. The van der Waals surface area contributed by atoms with E-state index in [0.717, 1.165) is 16.6 Å². The number of rotatable bonds is 4. The molecule has 0 saturated carbocycles. The van der Waals surface area contributed by atoms with Gasteiger partial charge in [-0.3, -0.25) is 0 Å². The average molecular weight is 236 g/mol. The van der Waals surface area contributed by atoms with Gasteiger partial charge in [0.15, 0.2) is 11.5 Å². The molecule has 2 rings (SSSR count). The molecule has 92 valence electrons. The van der Waals surface area contributed by atoms with Crippen LogP contribution in [0.25, 0.3) is 10.9 Å². The summed E-state index contributed by atoms with van der Waals surface area (Å²) in [7, 11) is 4.78. The van der Waals surface area contributed by atoms with E-state index >= 15 is 0 Å². The van der Waals surface area contributed by atoms with Crippen LogP contribution in [-0.4, -0.2) is 26.3 Å². The summed E-state index contributed by atoms with van der Waals surface area (Å²) in [5.41, 5.74) is 7.42. The van der Waals surface area contributed by atoms with Gasteiger partial charge in [0.25, 0.3) is 0 Å². The number of H-pyrrole nitrogens is 1. The van der Waals surface area contributed by atoms with Crippen molar-refractivity contribution in [1.82, 2.24) is 4.98 Å². The van der Waals surface area contributed by atoms with Crippen LogP contribution in [0.15, 0.2) is 12.1 Å². The first kappa shape index (κ1) is 11.6. The summed E-state index contributed by atoms with van der Waals surface area (Å²) in [5, 5.41) is 0.986. The molecule has 0 spiro atoms. The second kappa shape index (κ2) is 4.55. The molecule has 0 atom stereocenters. The van der Waals surface area contributed by atoms with Gasteiger partial charge in [-0.15, -0.1) is 0 Å². The minimum absolute atomic E-state index is 0.447. The number of methoxy groups -OCH3 is 3. The molecule has 1 heterocycles. The van der Waals surface area contributed by atoms with Crippen molar-refractivity contribution in [1.29, 1.82) is 0 Å². The van der Waals surface area contributed by atoms with Crippen molar-refractivity contribution in [2.75, 3.05) is 21.3 Å². The van der Waals surface area contributed by atoms with Gasteiger partial charge >= 0.3 is 0 Å². The smallest absolute Gasteiger partial charge is 0.205 e. The van der Waals surface area contributed by atoms with E-state index < -0.39 is 0 Å². The highest BCUT2D eigenvalue weighted by molar-refractivity contribution is 5.91. The van der Waals surface area contributed by atoms with Crippen LogP contribution < -0.4 is 19.9 Å². The third-order valence-electron chi connectivity index (χ3n) is 2.70. The van der Waals surface area contributed by atoms with Crippen LogP contribution in [0.4, 0.5) is 0 Å². The number of aromatic amines is 1. The molecule has 0 fully saturated rings. The predicted octanol–water partition coefficient (Wildman–Crippen LogP) is 1.65. The molecule has 2 aromatic rings. The molecule has 3 N–H and O–H groups in total. The molecule has 1 aromatic carbocycles. The quantitative estimate of drug-likeness (QED) is 0.847. The summed E-state index contributed by atoms with van der Waals surface area (Å²) in [6.07, 6.45) is 0. The molecule has 0 radical (unpaired) electrons. The van der Waals surface area contributed by atoms with Gasteiger partial charge in [-0.2, -0.15) is 0 Å². The van der Waals surface area contributed by atoms with Gasteiger partial charge < -0.3 is 24.9 Å². The Morgan fingerprint density at radius 3 is 2.29 bits per heavy atom. The van der Waals surface area contributed by atoms with E-state index in [1.807, 2.05) is 12.1 Å². The van der Waals surface area contributed by atoms with Gasteiger partial charge in [-0.1, -0.05) is 0 Å². The molecule has 5 heteroatoms. The van der Waals surface area contributed by atoms with E-state index in [0.29, 0.717) is 23.8 Å². The number of nitrogens with one attached hydrogen (secondary N) is 1. The maximum Gasteiger partial charge on any atom is 0.205 e. The molecular weight excluding hydrogens is 220 g/mol. The second-order valence-electron chi connectivity index (χ2n) is 3.61. The minimum atomic E-state index is 0.447. The van der Waals surface area contributed by atoms with Crippen LogP contribution in [0.3, 0.4) is 0 Å². The fourth-order valence-corrected chi connectivity index (χ4v) is 1.91. The lowest BCUT2D eigenvalue weighted by Gasteiger charge is -2.12. The van der Waals surface area contributed by atoms with Crippen molar-refractivity contribution in [2.45, 2.75) is 6.54 Å². The van der Waals surface area contributed by atoms with Crippen LogP contribution in [0.2, 0.25) is 0 Å². The van der Waals surface area contributed by atoms with Crippen LogP contribution in [-0.2, 0) is 6.54 Å². The molecule has 1 aromatic heterocycles. The molecule has 0 saturated heterocycles. The first-order valence-corrected chi connectivity index (χ1v) is 5.25. The molecule has 0 aliphatic heterocycles. The lowest BCUT2D eigenvalue weighted by Crippen LogP contribution is -1.96. The third-order valence-corrected chi connectivity index (χ3v) is 2.70. The maximum atomic E-state index is 5.61. The number of nitrogens with two attached hydrogens (primary N) is 1. The topological polar surface area (TPSA) is 69.5 Å². The van der Waals surface area contributed by atoms with Crippen molar-refractivity contribution in [3.8, 4) is 17.2 Å². The summed E-state index contributed by atoms with van der Waals surface area (Å²) in [5.74, 6) is 1.84. The zero-order valence-electron chi connectivity index (χ0n) is 10.2. The summed E-state index contributed by atoms with van der Waals surface area (Å²) in [4.78, 5) is 3.21. The first-order valence-electron chi connectivity index (χ1n) is 5.25. The number of ether oxygens (including phenoxy) is 3. The number of hydrogen-bond donors (Lipinski definition) is 2. The van der Waals surface area contributed by atoms with Crippen molar-refractivity contribution in [2.24, 2.45) is 5.73 Å². The fourth-order valence-electron chi connectivity index (χ4n) is 1.91. The average Bonchev–Trinajstić information content (AvgIpc) is 2.78. The van der Waals surface area contributed by atoms with E-state index in [-0.39, 0.29) is 0 Å². The van der Waals surface area contributed by atoms with Crippen molar-refractivity contribution >= 4 is 10.9 Å². The molecule has 17 heavy (non-hydrogen) atoms. The highest BCUT2D eigenvalue weighted by atomic mass is 16.5. The summed E-state index contributed by atoms with van der Waals surface area (Å²) >= 11 is 0. The van der Waals surface area contributed by atoms with Gasteiger partial charge in [0.2, 0.25) is 5.75 Å². The Balaban J connectivity index is 2.76. The Bertz CT molecular complexity index is 534. The van der Waals surface area contributed by atoms with Gasteiger partial charge in [0.1, 0.15) is 0 Å². The Labute approximate surface area is 99.5 Å². The Hall–Kier alpha value is -1.88. The monoisotopic (exact) mass is 236 g/mol. The summed E-state index contributed by atoms with van der Waals surface area (Å²) in [6, 6.07) is 3.87. The number of fused-ring (bicyclic) bond motifs is 1.